The fraction of sp³-hybridized carbons (Fsp3) is 0.0909. The van der Waals surface area contributed by atoms with Gasteiger partial charge >= 0.3 is 0 Å². The fourth-order valence-electron chi connectivity index (χ4n) is 1.56. The Labute approximate surface area is 95.1 Å². The third-order valence-electron chi connectivity index (χ3n) is 2.21. The minimum absolute atomic E-state index is 0.141. The van der Waals surface area contributed by atoms with Crippen LogP contribution in [0, 0.1) is 0 Å². The Morgan fingerprint density at radius 1 is 1.07 bits per heavy atom. The Hall–Kier alpha value is -0.970. The molecule has 2 rings (SSSR count). The topological polar surface area (TPSA) is 34.1 Å². The summed E-state index contributed by atoms with van der Waals surface area (Å²) >= 11 is 2.01. The lowest BCUT2D eigenvalue weighted by atomic mass is 10.1. The number of hydrogen-bond acceptors (Lipinski definition) is 2. The first-order valence-corrected chi connectivity index (χ1v) is 5.25. The summed E-state index contributed by atoms with van der Waals surface area (Å²) in [6.07, 6.45) is 0. The van der Waals surface area contributed by atoms with Crippen LogP contribution >= 0.6 is 22.6 Å². The summed E-state index contributed by atoms with van der Waals surface area (Å²) in [4.78, 5) is 23.5. The maximum atomic E-state index is 11.8. The highest BCUT2D eigenvalue weighted by Gasteiger charge is 2.33. The van der Waals surface area contributed by atoms with Gasteiger partial charge < -0.3 is 0 Å². The molecule has 2 nitrogen and oxygen atoms in total. The molecule has 0 unspecified atom stereocenters. The monoisotopic (exact) mass is 298 g/mol. The van der Waals surface area contributed by atoms with Crippen molar-refractivity contribution < 1.29 is 9.59 Å². The summed E-state index contributed by atoms with van der Waals surface area (Å²) < 4.78 is 0.758. The molecule has 0 saturated heterocycles. The Morgan fingerprint density at radius 2 is 1.50 bits per heavy atom. The fourth-order valence-corrected chi connectivity index (χ4v) is 2.05. The van der Waals surface area contributed by atoms with E-state index in [9.17, 15) is 9.59 Å². The third-order valence-corrected chi connectivity index (χ3v) is 2.75. The van der Waals surface area contributed by atoms with Gasteiger partial charge in [0.2, 0.25) is 0 Å². The van der Waals surface area contributed by atoms with Crippen LogP contribution in [0.4, 0.5) is 0 Å². The van der Waals surface area contributed by atoms with Gasteiger partial charge in [0.25, 0.3) is 0 Å². The first kappa shape index (κ1) is 9.58. The zero-order valence-electron chi connectivity index (χ0n) is 7.50. The van der Waals surface area contributed by atoms with Crippen molar-refractivity contribution >= 4 is 34.2 Å². The highest BCUT2D eigenvalue weighted by atomic mass is 127. The number of allylic oxidation sites excluding steroid dienone is 2. The number of Topliss-reactive ketones (excluding diaryl/α,β-unsaturated/α-hetero) is 2. The molecule has 1 aliphatic rings. The van der Waals surface area contributed by atoms with Crippen LogP contribution in [0.2, 0.25) is 0 Å². The van der Waals surface area contributed by atoms with E-state index in [2.05, 4.69) is 0 Å². The second-order valence-corrected chi connectivity index (χ2v) is 4.73. The van der Waals surface area contributed by atoms with E-state index < -0.39 is 0 Å². The molecule has 0 atom stereocenters. The molecule has 0 bridgehead atoms. The first-order chi connectivity index (χ1) is 6.63. The van der Waals surface area contributed by atoms with Crippen LogP contribution in [0.5, 0.6) is 0 Å². The highest BCUT2D eigenvalue weighted by Crippen LogP contribution is 2.29. The largest absolute Gasteiger partial charge is 0.288 e. The molecule has 1 aliphatic carbocycles. The Bertz CT molecular complexity index is 431. The summed E-state index contributed by atoms with van der Waals surface area (Å²) in [5, 5.41) is 0. The Balaban J connectivity index is 2.72. The zero-order valence-corrected chi connectivity index (χ0v) is 9.66. The minimum atomic E-state index is -0.141. The molecule has 14 heavy (non-hydrogen) atoms. The summed E-state index contributed by atoms with van der Waals surface area (Å²) in [5.41, 5.74) is 1.39. The van der Waals surface area contributed by atoms with E-state index in [1.54, 1.807) is 31.2 Å². The van der Waals surface area contributed by atoms with Gasteiger partial charge in [-0.3, -0.25) is 9.59 Å². The van der Waals surface area contributed by atoms with Gasteiger partial charge in [0.1, 0.15) is 0 Å². The predicted molar refractivity (Wildman–Crippen MR) is 61.8 cm³/mol. The zero-order chi connectivity index (χ0) is 10.3. The lowest BCUT2D eigenvalue weighted by Gasteiger charge is -1.93. The summed E-state index contributed by atoms with van der Waals surface area (Å²) in [6, 6.07) is 6.94. The molecule has 0 radical (unpaired) electrons. The van der Waals surface area contributed by atoms with E-state index in [4.69, 9.17) is 0 Å². The van der Waals surface area contributed by atoms with Crippen LogP contribution in [0.1, 0.15) is 27.6 Å². The maximum Gasteiger partial charge on any atom is 0.198 e. The van der Waals surface area contributed by atoms with Gasteiger partial charge in [0, 0.05) is 14.7 Å². The quantitative estimate of drug-likeness (QED) is 0.419. The van der Waals surface area contributed by atoms with Gasteiger partial charge in [0.15, 0.2) is 11.6 Å². The Morgan fingerprint density at radius 3 is 1.86 bits per heavy atom. The molecule has 0 heterocycles. The van der Waals surface area contributed by atoms with Crippen LogP contribution in [-0.4, -0.2) is 11.6 Å². The average molecular weight is 298 g/mol. The van der Waals surface area contributed by atoms with Crippen molar-refractivity contribution in [2.24, 2.45) is 0 Å². The van der Waals surface area contributed by atoms with Crippen LogP contribution in [0.25, 0.3) is 0 Å². The predicted octanol–water partition coefficient (Wildman–Crippen LogP) is 2.77. The van der Waals surface area contributed by atoms with E-state index in [-0.39, 0.29) is 11.6 Å². The highest BCUT2D eigenvalue weighted by molar-refractivity contribution is 14.1. The van der Waals surface area contributed by atoms with E-state index in [1.165, 1.54) is 0 Å². The second-order valence-electron chi connectivity index (χ2n) is 3.11. The SMILES string of the molecule is CC(I)=C1C(=O)c2ccccc2C1=O. The average Bonchev–Trinajstić information content (AvgIpc) is 2.41. The molecular weight excluding hydrogens is 291 g/mol. The van der Waals surface area contributed by atoms with Crippen molar-refractivity contribution in [3.63, 3.8) is 0 Å². The first-order valence-electron chi connectivity index (χ1n) is 4.17. The molecule has 0 aromatic heterocycles. The van der Waals surface area contributed by atoms with E-state index in [0.717, 1.165) is 3.58 Å². The van der Waals surface area contributed by atoms with Crippen LogP contribution < -0.4 is 0 Å². The number of carbonyl (C=O) groups excluding carboxylic acids is 2. The third kappa shape index (κ3) is 1.23. The molecule has 0 N–H and O–H groups in total. The van der Waals surface area contributed by atoms with Gasteiger partial charge in [-0.2, -0.15) is 0 Å². The van der Waals surface area contributed by atoms with E-state index in [0.29, 0.717) is 16.7 Å². The normalized spacial score (nSPS) is 14.6. The molecule has 0 saturated carbocycles. The van der Waals surface area contributed by atoms with E-state index in [1.807, 2.05) is 22.6 Å². The van der Waals surface area contributed by atoms with Crippen molar-refractivity contribution in [3.8, 4) is 0 Å². The molecule has 0 spiro atoms. The number of ketones is 2. The summed E-state index contributed by atoms with van der Waals surface area (Å²) in [6.45, 7) is 1.78. The van der Waals surface area contributed by atoms with Crippen LogP contribution in [-0.2, 0) is 0 Å². The Kier molecular flexibility index (Phi) is 2.26. The second kappa shape index (κ2) is 3.31. The summed E-state index contributed by atoms with van der Waals surface area (Å²) in [7, 11) is 0. The number of carbonyl (C=O) groups is 2. The minimum Gasteiger partial charge on any atom is -0.288 e. The van der Waals surface area contributed by atoms with Gasteiger partial charge in [0.05, 0.1) is 5.57 Å². The van der Waals surface area contributed by atoms with Gasteiger partial charge in [-0.05, 0) is 29.5 Å². The maximum absolute atomic E-state index is 11.8. The standard InChI is InChI=1S/C11H7IO2/c1-6(12)9-10(13)7-4-2-3-5-8(7)11(9)14/h2-5H,1H3. The van der Waals surface area contributed by atoms with Crippen molar-refractivity contribution in [2.45, 2.75) is 6.92 Å². The number of fused-ring (bicyclic) bond motifs is 1. The molecule has 0 aliphatic heterocycles. The smallest absolute Gasteiger partial charge is 0.198 e. The number of halogens is 1. The van der Waals surface area contributed by atoms with Gasteiger partial charge in [-0.1, -0.05) is 24.3 Å². The molecule has 3 heteroatoms. The van der Waals surface area contributed by atoms with Crippen molar-refractivity contribution in [2.75, 3.05) is 0 Å². The van der Waals surface area contributed by atoms with E-state index >= 15 is 0 Å². The van der Waals surface area contributed by atoms with Gasteiger partial charge in [-0.15, -0.1) is 0 Å². The van der Waals surface area contributed by atoms with Crippen molar-refractivity contribution in [1.82, 2.24) is 0 Å². The molecule has 1 aromatic rings. The molecule has 0 fully saturated rings. The number of benzene rings is 1. The molecule has 70 valence electrons. The lowest BCUT2D eigenvalue weighted by Crippen LogP contribution is -2.01. The van der Waals surface area contributed by atoms with Crippen molar-refractivity contribution in [1.29, 1.82) is 0 Å². The van der Waals surface area contributed by atoms with Crippen molar-refractivity contribution in [3.05, 3.63) is 44.5 Å². The molecule has 0 amide bonds. The molecule has 1 aromatic carbocycles. The summed E-state index contributed by atoms with van der Waals surface area (Å²) in [5.74, 6) is -0.282. The number of hydrogen-bond donors (Lipinski definition) is 0. The van der Waals surface area contributed by atoms with Crippen LogP contribution in [0.15, 0.2) is 33.4 Å². The lowest BCUT2D eigenvalue weighted by molar-refractivity contribution is 0.0988. The van der Waals surface area contributed by atoms with Crippen LogP contribution in [0.3, 0.4) is 0 Å². The molecular formula is C11H7IO2. The number of rotatable bonds is 0. The van der Waals surface area contributed by atoms with Gasteiger partial charge in [-0.25, -0.2) is 0 Å².